The van der Waals surface area contributed by atoms with Crippen molar-refractivity contribution in [1.82, 2.24) is 25.1 Å². The van der Waals surface area contributed by atoms with Crippen molar-refractivity contribution in [3.63, 3.8) is 0 Å². The van der Waals surface area contributed by atoms with Gasteiger partial charge in [-0.2, -0.15) is 5.10 Å². The van der Waals surface area contributed by atoms with E-state index in [0.29, 0.717) is 30.3 Å². The van der Waals surface area contributed by atoms with E-state index in [1.165, 1.54) is 0 Å². The van der Waals surface area contributed by atoms with Crippen molar-refractivity contribution in [2.75, 3.05) is 25.5 Å². The van der Waals surface area contributed by atoms with Gasteiger partial charge in [0.1, 0.15) is 5.75 Å². The van der Waals surface area contributed by atoms with Crippen molar-refractivity contribution in [1.29, 1.82) is 0 Å². The van der Waals surface area contributed by atoms with Gasteiger partial charge in [-0.15, -0.1) is 0 Å². The molecule has 0 aliphatic carbocycles. The number of amides is 1. The monoisotopic (exact) mass is 378 g/mol. The number of H-pyrrole nitrogens is 1. The van der Waals surface area contributed by atoms with Crippen molar-refractivity contribution in [2.24, 2.45) is 0 Å². The van der Waals surface area contributed by atoms with Crippen LogP contribution in [0.15, 0.2) is 48.9 Å². The highest BCUT2D eigenvalue weighted by Crippen LogP contribution is 2.26. The maximum atomic E-state index is 13.1. The zero-order chi connectivity index (χ0) is 19.3. The standard InChI is InChI=1S/C20H22N6O2/c1-28-16-5-2-4-14(12-16)18-17(13-23-25-18)19(27)26-10-6-15(7-11-26)24-20-21-8-3-9-22-20/h2-5,8-9,12-13,15H,6-7,10-11H2,1H3,(H,23,25)(H,21,22,24). The predicted octanol–water partition coefficient (Wildman–Crippen LogP) is 2.59. The third-order valence-corrected chi connectivity index (χ3v) is 4.91. The van der Waals surface area contributed by atoms with Crippen molar-refractivity contribution in [3.05, 3.63) is 54.5 Å². The quantitative estimate of drug-likeness (QED) is 0.708. The Bertz CT molecular complexity index is 935. The Labute approximate surface area is 163 Å². The molecule has 144 valence electrons. The Morgan fingerprint density at radius 1 is 1.21 bits per heavy atom. The van der Waals surface area contributed by atoms with Crippen molar-refractivity contribution >= 4 is 11.9 Å². The normalized spacial score (nSPS) is 14.7. The van der Waals surface area contributed by atoms with Crippen molar-refractivity contribution in [3.8, 4) is 17.0 Å². The lowest BCUT2D eigenvalue weighted by atomic mass is 10.0. The number of anilines is 1. The molecule has 3 aromatic rings. The number of nitrogens with zero attached hydrogens (tertiary/aromatic N) is 4. The van der Waals surface area contributed by atoms with Gasteiger partial charge in [0.2, 0.25) is 5.95 Å². The highest BCUT2D eigenvalue weighted by Gasteiger charge is 2.26. The van der Waals surface area contributed by atoms with Crippen LogP contribution in [0.1, 0.15) is 23.2 Å². The second-order valence-corrected chi connectivity index (χ2v) is 6.67. The maximum absolute atomic E-state index is 13.1. The van der Waals surface area contributed by atoms with Gasteiger partial charge in [0.05, 0.1) is 24.6 Å². The average Bonchev–Trinajstić information content (AvgIpc) is 3.24. The summed E-state index contributed by atoms with van der Waals surface area (Å²) in [6, 6.07) is 9.64. The Kier molecular flexibility index (Phi) is 5.18. The lowest BCUT2D eigenvalue weighted by Crippen LogP contribution is -2.42. The molecule has 3 heterocycles. The van der Waals surface area contributed by atoms with E-state index in [-0.39, 0.29) is 11.9 Å². The fourth-order valence-electron chi connectivity index (χ4n) is 3.40. The molecule has 0 saturated carbocycles. The summed E-state index contributed by atoms with van der Waals surface area (Å²) < 4.78 is 5.28. The Morgan fingerprint density at radius 3 is 2.75 bits per heavy atom. The number of piperidine rings is 1. The molecule has 1 fully saturated rings. The zero-order valence-electron chi connectivity index (χ0n) is 15.6. The second-order valence-electron chi connectivity index (χ2n) is 6.67. The van der Waals surface area contributed by atoms with Crippen LogP contribution in [0.3, 0.4) is 0 Å². The van der Waals surface area contributed by atoms with E-state index in [1.807, 2.05) is 29.2 Å². The number of aromatic nitrogens is 4. The fourth-order valence-corrected chi connectivity index (χ4v) is 3.40. The SMILES string of the molecule is COc1cccc(-c2[nH]ncc2C(=O)N2CCC(Nc3ncccn3)CC2)c1. The molecule has 2 aromatic heterocycles. The van der Waals surface area contributed by atoms with Gasteiger partial charge in [0.25, 0.3) is 5.91 Å². The first-order valence-electron chi connectivity index (χ1n) is 9.25. The van der Waals surface area contributed by atoms with E-state index < -0.39 is 0 Å². The fraction of sp³-hybridized carbons (Fsp3) is 0.300. The summed E-state index contributed by atoms with van der Waals surface area (Å²) in [5.41, 5.74) is 2.16. The summed E-state index contributed by atoms with van der Waals surface area (Å²) >= 11 is 0. The number of hydrogen-bond donors (Lipinski definition) is 2. The number of carbonyl (C=O) groups excluding carboxylic acids is 1. The Morgan fingerprint density at radius 2 is 2.00 bits per heavy atom. The first-order chi connectivity index (χ1) is 13.7. The number of hydrogen-bond acceptors (Lipinski definition) is 6. The van der Waals surface area contributed by atoms with Crippen LogP contribution in [0.2, 0.25) is 0 Å². The molecule has 1 aliphatic rings. The van der Waals surface area contributed by atoms with Gasteiger partial charge >= 0.3 is 0 Å². The van der Waals surface area contributed by atoms with Crippen LogP contribution < -0.4 is 10.1 Å². The third kappa shape index (κ3) is 3.80. The van der Waals surface area contributed by atoms with Crippen molar-refractivity contribution < 1.29 is 9.53 Å². The number of methoxy groups -OCH3 is 1. The zero-order valence-corrected chi connectivity index (χ0v) is 15.6. The highest BCUT2D eigenvalue weighted by molar-refractivity contribution is 5.99. The number of rotatable bonds is 5. The molecular weight excluding hydrogens is 356 g/mol. The van der Waals surface area contributed by atoms with Crippen LogP contribution in [0.5, 0.6) is 5.75 Å². The summed E-state index contributed by atoms with van der Waals surface area (Å²) in [7, 11) is 1.62. The van der Waals surface area contributed by atoms with Gasteiger partial charge in [0, 0.05) is 37.1 Å². The molecule has 8 heteroatoms. The van der Waals surface area contributed by atoms with Crippen LogP contribution in [-0.4, -0.2) is 57.2 Å². The Balaban J connectivity index is 1.43. The topological polar surface area (TPSA) is 96.0 Å². The molecule has 0 bridgehead atoms. The smallest absolute Gasteiger partial charge is 0.257 e. The van der Waals surface area contributed by atoms with Gasteiger partial charge in [-0.1, -0.05) is 12.1 Å². The molecule has 1 amide bonds. The molecule has 0 radical (unpaired) electrons. The van der Waals surface area contributed by atoms with E-state index in [0.717, 1.165) is 24.2 Å². The summed E-state index contributed by atoms with van der Waals surface area (Å²) in [6.07, 6.45) is 6.71. The minimum atomic E-state index is -0.0130. The number of nitrogens with one attached hydrogen (secondary N) is 2. The van der Waals surface area contributed by atoms with Gasteiger partial charge < -0.3 is 15.0 Å². The van der Waals surface area contributed by atoms with Gasteiger partial charge in [-0.25, -0.2) is 9.97 Å². The van der Waals surface area contributed by atoms with Crippen LogP contribution in [0.25, 0.3) is 11.3 Å². The van der Waals surface area contributed by atoms with E-state index in [4.69, 9.17) is 4.74 Å². The molecule has 1 saturated heterocycles. The van der Waals surface area contributed by atoms with E-state index in [2.05, 4.69) is 25.5 Å². The van der Waals surface area contributed by atoms with Gasteiger partial charge in [-0.3, -0.25) is 9.89 Å². The molecule has 1 aromatic carbocycles. The van der Waals surface area contributed by atoms with Crippen LogP contribution in [0, 0.1) is 0 Å². The minimum absolute atomic E-state index is 0.0130. The molecule has 28 heavy (non-hydrogen) atoms. The van der Waals surface area contributed by atoms with Crippen LogP contribution in [0.4, 0.5) is 5.95 Å². The summed E-state index contributed by atoms with van der Waals surface area (Å²) in [6.45, 7) is 1.35. The molecule has 1 aliphatic heterocycles. The lowest BCUT2D eigenvalue weighted by molar-refractivity contribution is 0.0719. The van der Waals surface area contributed by atoms with Crippen LogP contribution >= 0.6 is 0 Å². The molecule has 4 rings (SSSR count). The third-order valence-electron chi connectivity index (χ3n) is 4.91. The predicted molar refractivity (Wildman–Crippen MR) is 105 cm³/mol. The summed E-state index contributed by atoms with van der Waals surface area (Å²) in [5.74, 6) is 1.35. The van der Waals surface area contributed by atoms with Gasteiger partial charge in [-0.05, 0) is 31.0 Å². The second kappa shape index (κ2) is 8.08. The molecule has 0 atom stereocenters. The minimum Gasteiger partial charge on any atom is -0.497 e. The Hall–Kier alpha value is -3.42. The van der Waals surface area contributed by atoms with E-state index in [9.17, 15) is 4.79 Å². The van der Waals surface area contributed by atoms with Gasteiger partial charge in [0.15, 0.2) is 0 Å². The number of ether oxygens (including phenoxy) is 1. The number of benzene rings is 1. The first-order valence-corrected chi connectivity index (χ1v) is 9.25. The average molecular weight is 378 g/mol. The molecule has 8 nitrogen and oxygen atoms in total. The van der Waals surface area contributed by atoms with E-state index in [1.54, 1.807) is 31.8 Å². The largest absolute Gasteiger partial charge is 0.497 e. The number of likely N-dealkylation sites (tertiary alicyclic amines) is 1. The van der Waals surface area contributed by atoms with E-state index >= 15 is 0 Å². The number of aromatic amines is 1. The summed E-state index contributed by atoms with van der Waals surface area (Å²) in [4.78, 5) is 23.3. The van der Waals surface area contributed by atoms with Crippen LogP contribution in [-0.2, 0) is 0 Å². The molecule has 0 spiro atoms. The molecule has 2 N–H and O–H groups in total. The maximum Gasteiger partial charge on any atom is 0.257 e. The number of carbonyl (C=O) groups is 1. The molecule has 0 unspecified atom stereocenters. The highest BCUT2D eigenvalue weighted by atomic mass is 16.5. The lowest BCUT2D eigenvalue weighted by Gasteiger charge is -2.32. The summed E-state index contributed by atoms with van der Waals surface area (Å²) in [5, 5.41) is 10.4. The van der Waals surface area contributed by atoms with Crippen molar-refractivity contribution in [2.45, 2.75) is 18.9 Å². The first kappa shape index (κ1) is 18.0. The molecular formula is C20H22N6O2.